The van der Waals surface area contributed by atoms with Crippen molar-refractivity contribution in [3.63, 3.8) is 0 Å². The number of alkyl halides is 3. The number of methoxy groups -OCH3 is 1. The van der Waals surface area contributed by atoms with E-state index < -0.39 is 23.4 Å². The van der Waals surface area contributed by atoms with E-state index in [0.29, 0.717) is 72.5 Å². The van der Waals surface area contributed by atoms with Crippen molar-refractivity contribution in [3.05, 3.63) is 71.0 Å². The number of fused-ring (bicyclic) bond motifs is 1. The fourth-order valence-electron chi connectivity index (χ4n) is 4.77. The van der Waals surface area contributed by atoms with Gasteiger partial charge in [0.2, 0.25) is 0 Å². The summed E-state index contributed by atoms with van der Waals surface area (Å²) in [6.07, 6.45) is -2.49. The van der Waals surface area contributed by atoms with Gasteiger partial charge in [-0.15, -0.1) is 0 Å². The number of pyridine rings is 1. The van der Waals surface area contributed by atoms with Gasteiger partial charge in [-0.3, -0.25) is 14.6 Å². The molecule has 5 rings (SSSR count). The smallest absolute Gasteiger partial charge is 0.433 e. The molecule has 11 heteroatoms. The average Bonchev–Trinajstić information content (AvgIpc) is 3.05. The Hall–Kier alpha value is -4.12. The fourth-order valence-corrected chi connectivity index (χ4v) is 4.77. The number of rotatable bonds is 4. The van der Waals surface area contributed by atoms with Gasteiger partial charge in [0, 0.05) is 30.3 Å². The van der Waals surface area contributed by atoms with Crippen LogP contribution in [0.25, 0.3) is 11.1 Å². The van der Waals surface area contributed by atoms with E-state index in [9.17, 15) is 22.8 Å². The first kappa shape index (κ1) is 26.5. The van der Waals surface area contributed by atoms with Crippen molar-refractivity contribution in [1.82, 2.24) is 10.3 Å². The van der Waals surface area contributed by atoms with Gasteiger partial charge in [-0.05, 0) is 60.0 Å². The van der Waals surface area contributed by atoms with Gasteiger partial charge in [-0.1, -0.05) is 6.07 Å². The van der Waals surface area contributed by atoms with Gasteiger partial charge < -0.3 is 24.8 Å². The summed E-state index contributed by atoms with van der Waals surface area (Å²) in [5.74, 6) is -0.301. The van der Waals surface area contributed by atoms with E-state index in [4.69, 9.17) is 14.2 Å². The third kappa shape index (κ3) is 5.40. The second-order valence-electron chi connectivity index (χ2n) is 9.54. The molecule has 0 bridgehead atoms. The molecule has 1 fully saturated rings. The molecule has 0 radical (unpaired) electrons. The minimum Gasteiger partial charge on any atom is -0.496 e. The number of aryl methyl sites for hydroxylation is 1. The standard InChI is InChI=1S/C28H26F3N3O5/c1-16-3-4-19(34-25(35)17-5-8-32-23(13-17)28(29,30)31)14-20(16)18-11-21(37-2)24-22(12-18)39-27(15-33-26(24)36)6-9-38-10-7-27/h3-5,8,11-14H,6-7,9-10,15H2,1-2H3,(H,33,36)(H,34,35). The first-order valence-corrected chi connectivity index (χ1v) is 12.3. The number of anilines is 1. The van der Waals surface area contributed by atoms with Gasteiger partial charge in [-0.2, -0.15) is 13.2 Å². The molecule has 0 unspecified atom stereocenters. The van der Waals surface area contributed by atoms with Crippen molar-refractivity contribution in [1.29, 1.82) is 0 Å². The number of carbonyl (C=O) groups excluding carboxylic acids is 2. The molecular weight excluding hydrogens is 515 g/mol. The average molecular weight is 542 g/mol. The highest BCUT2D eigenvalue weighted by Gasteiger charge is 2.40. The fraction of sp³-hybridized carbons (Fsp3) is 0.321. The molecule has 2 aromatic carbocycles. The van der Waals surface area contributed by atoms with Crippen LogP contribution in [-0.4, -0.2) is 49.3 Å². The number of amides is 2. The van der Waals surface area contributed by atoms with Crippen LogP contribution >= 0.6 is 0 Å². The molecule has 2 N–H and O–H groups in total. The Morgan fingerprint density at radius 1 is 1.13 bits per heavy atom. The summed E-state index contributed by atoms with van der Waals surface area (Å²) in [4.78, 5) is 29.1. The molecule has 204 valence electrons. The summed E-state index contributed by atoms with van der Waals surface area (Å²) in [6, 6.07) is 10.6. The number of hydrogen-bond acceptors (Lipinski definition) is 6. The van der Waals surface area contributed by atoms with Crippen LogP contribution in [-0.2, 0) is 10.9 Å². The van der Waals surface area contributed by atoms with Crippen LogP contribution in [0.15, 0.2) is 48.7 Å². The van der Waals surface area contributed by atoms with Crippen molar-refractivity contribution in [2.75, 3.05) is 32.2 Å². The highest BCUT2D eigenvalue weighted by molar-refractivity contribution is 6.05. The molecule has 2 aliphatic rings. The number of nitrogens with zero attached hydrogens (tertiary/aromatic N) is 1. The summed E-state index contributed by atoms with van der Waals surface area (Å²) >= 11 is 0. The lowest BCUT2D eigenvalue weighted by Crippen LogP contribution is -2.49. The maximum absolute atomic E-state index is 13.0. The highest BCUT2D eigenvalue weighted by atomic mass is 19.4. The second-order valence-corrected chi connectivity index (χ2v) is 9.54. The topological polar surface area (TPSA) is 98.8 Å². The van der Waals surface area contributed by atoms with E-state index in [0.717, 1.165) is 11.8 Å². The third-order valence-corrected chi connectivity index (χ3v) is 6.93. The first-order chi connectivity index (χ1) is 18.6. The van der Waals surface area contributed by atoms with Gasteiger partial charge >= 0.3 is 6.18 Å². The van der Waals surface area contributed by atoms with Crippen molar-refractivity contribution < 1.29 is 37.0 Å². The maximum atomic E-state index is 13.0. The SMILES string of the molecule is COc1cc(-c2cc(NC(=O)c3ccnc(C(F)(F)F)c3)ccc2C)cc2c1C(=O)NCC1(CCOCC1)O2. The monoisotopic (exact) mass is 541 g/mol. The molecule has 1 spiro atoms. The molecule has 39 heavy (non-hydrogen) atoms. The van der Waals surface area contributed by atoms with Crippen molar-refractivity contribution in [3.8, 4) is 22.6 Å². The lowest BCUT2D eigenvalue weighted by atomic mass is 9.94. The van der Waals surface area contributed by atoms with E-state index in [1.54, 1.807) is 30.3 Å². The van der Waals surface area contributed by atoms with Crippen LogP contribution < -0.4 is 20.1 Å². The summed E-state index contributed by atoms with van der Waals surface area (Å²) in [6.45, 7) is 3.26. The molecule has 2 aliphatic heterocycles. The van der Waals surface area contributed by atoms with Gasteiger partial charge in [-0.25, -0.2) is 0 Å². The normalized spacial score (nSPS) is 16.5. The largest absolute Gasteiger partial charge is 0.496 e. The molecule has 1 saturated heterocycles. The zero-order valence-corrected chi connectivity index (χ0v) is 21.3. The maximum Gasteiger partial charge on any atom is 0.433 e. The van der Waals surface area contributed by atoms with E-state index in [-0.39, 0.29) is 11.5 Å². The number of aromatic nitrogens is 1. The van der Waals surface area contributed by atoms with Crippen LogP contribution in [0, 0.1) is 6.92 Å². The van der Waals surface area contributed by atoms with Crippen molar-refractivity contribution in [2.45, 2.75) is 31.5 Å². The van der Waals surface area contributed by atoms with Crippen LogP contribution in [0.1, 0.15) is 44.8 Å². The zero-order chi connectivity index (χ0) is 27.8. The molecule has 0 atom stereocenters. The summed E-state index contributed by atoms with van der Waals surface area (Å²) in [5.41, 5.74) is 0.998. The van der Waals surface area contributed by atoms with Crippen molar-refractivity contribution >= 4 is 17.5 Å². The van der Waals surface area contributed by atoms with Gasteiger partial charge in [0.05, 0.1) is 26.9 Å². The predicted octanol–water partition coefficient (Wildman–Crippen LogP) is 5.01. The molecule has 0 saturated carbocycles. The molecule has 3 heterocycles. The first-order valence-electron chi connectivity index (χ1n) is 12.3. The quantitative estimate of drug-likeness (QED) is 0.482. The number of hydrogen-bond donors (Lipinski definition) is 2. The van der Waals surface area contributed by atoms with Crippen molar-refractivity contribution in [2.24, 2.45) is 0 Å². The number of carbonyl (C=O) groups is 2. The molecule has 1 aromatic heterocycles. The molecule has 8 nitrogen and oxygen atoms in total. The Bertz CT molecular complexity index is 1430. The van der Waals surface area contributed by atoms with Crippen LogP contribution in [0.2, 0.25) is 0 Å². The number of nitrogens with one attached hydrogen (secondary N) is 2. The minimum atomic E-state index is -4.67. The summed E-state index contributed by atoms with van der Waals surface area (Å²) < 4.78 is 56.7. The summed E-state index contributed by atoms with van der Waals surface area (Å²) in [5, 5.41) is 5.60. The van der Waals surface area contributed by atoms with E-state index in [1.807, 2.05) is 6.92 Å². The zero-order valence-electron chi connectivity index (χ0n) is 21.3. The van der Waals surface area contributed by atoms with Crippen LogP contribution in [0.4, 0.5) is 18.9 Å². The Morgan fingerprint density at radius 3 is 2.62 bits per heavy atom. The lowest BCUT2D eigenvalue weighted by Gasteiger charge is -2.36. The van der Waals surface area contributed by atoms with Gasteiger partial charge in [0.25, 0.3) is 11.8 Å². The van der Waals surface area contributed by atoms with E-state index >= 15 is 0 Å². The molecule has 3 aromatic rings. The Morgan fingerprint density at radius 2 is 1.90 bits per heavy atom. The molecular formula is C28H26F3N3O5. The molecule has 2 amide bonds. The number of benzene rings is 2. The Labute approximate surface area is 222 Å². The Balaban J connectivity index is 1.50. The van der Waals surface area contributed by atoms with E-state index in [2.05, 4.69) is 15.6 Å². The lowest BCUT2D eigenvalue weighted by molar-refractivity contribution is -0.141. The minimum absolute atomic E-state index is 0.174. The second kappa shape index (κ2) is 10.2. The highest BCUT2D eigenvalue weighted by Crippen LogP contribution is 2.41. The van der Waals surface area contributed by atoms with Gasteiger partial charge in [0.1, 0.15) is 28.4 Å². The summed E-state index contributed by atoms with van der Waals surface area (Å²) in [7, 11) is 1.47. The van der Waals surface area contributed by atoms with Crippen LogP contribution in [0.3, 0.4) is 0 Å². The number of ether oxygens (including phenoxy) is 3. The van der Waals surface area contributed by atoms with E-state index in [1.165, 1.54) is 13.2 Å². The van der Waals surface area contributed by atoms with Gasteiger partial charge in [0.15, 0.2) is 0 Å². The third-order valence-electron chi connectivity index (χ3n) is 6.93. The number of halogens is 3. The molecule has 0 aliphatic carbocycles. The van der Waals surface area contributed by atoms with Crippen LogP contribution in [0.5, 0.6) is 11.5 Å². The predicted molar refractivity (Wildman–Crippen MR) is 136 cm³/mol. The Kier molecular flexibility index (Phi) is 6.94.